The second-order valence-corrected chi connectivity index (χ2v) is 6.19. The molecule has 0 atom stereocenters. The molecule has 0 aliphatic carbocycles. The van der Waals surface area contributed by atoms with Crippen LogP contribution in [0.4, 0.5) is 0 Å². The molecule has 0 spiro atoms. The van der Waals surface area contributed by atoms with E-state index < -0.39 is 0 Å². The van der Waals surface area contributed by atoms with Gasteiger partial charge in [-0.1, -0.05) is 20.8 Å². The van der Waals surface area contributed by atoms with Crippen molar-refractivity contribution >= 4 is 17.7 Å². The normalized spacial score (nSPS) is 11.9. The fourth-order valence-electron chi connectivity index (χ4n) is 0.937. The van der Waals surface area contributed by atoms with E-state index in [1.165, 1.54) is 0 Å². The lowest BCUT2D eigenvalue weighted by atomic mass is 10.0. The fraction of sp³-hybridized carbons (Fsp3) is 0.909. The fourth-order valence-corrected chi connectivity index (χ4v) is 2.02. The largest absolute Gasteiger partial charge is 0.354 e. The first-order valence-electron chi connectivity index (χ1n) is 5.18. The van der Waals surface area contributed by atoms with Gasteiger partial charge < -0.3 is 5.32 Å². The van der Waals surface area contributed by atoms with E-state index in [1.807, 2.05) is 25.6 Å². The van der Waals surface area contributed by atoms with Crippen LogP contribution in [0, 0.1) is 5.41 Å². The summed E-state index contributed by atoms with van der Waals surface area (Å²) in [5, 5.41) is 2.89. The molecular weight excluding hydrogens is 194 g/mol. The van der Waals surface area contributed by atoms with Crippen LogP contribution in [-0.2, 0) is 4.79 Å². The lowest BCUT2D eigenvalue weighted by molar-refractivity contribution is -0.121. The number of hydrogen-bond acceptors (Lipinski definition) is 2. The summed E-state index contributed by atoms with van der Waals surface area (Å²) in [6, 6.07) is 0.259. The average Bonchev–Trinajstić information content (AvgIpc) is 1.95. The predicted octanol–water partition coefficient (Wildman–Crippen LogP) is 2.68. The van der Waals surface area contributed by atoms with E-state index in [4.69, 9.17) is 0 Å². The molecule has 0 saturated heterocycles. The zero-order valence-corrected chi connectivity index (χ0v) is 10.8. The Morgan fingerprint density at radius 3 is 2.36 bits per heavy atom. The quantitative estimate of drug-likeness (QED) is 0.717. The summed E-state index contributed by atoms with van der Waals surface area (Å²) < 4.78 is 0. The van der Waals surface area contributed by atoms with Gasteiger partial charge >= 0.3 is 0 Å². The maximum atomic E-state index is 11.3. The third-order valence-corrected chi connectivity index (χ3v) is 3.02. The van der Waals surface area contributed by atoms with Gasteiger partial charge in [0.1, 0.15) is 0 Å². The second-order valence-electron chi connectivity index (χ2n) is 5.09. The van der Waals surface area contributed by atoms with Gasteiger partial charge in [-0.25, -0.2) is 0 Å². The van der Waals surface area contributed by atoms with Gasteiger partial charge in [0.25, 0.3) is 0 Å². The standard InChI is InChI=1S/C11H23NOS/c1-9(2)12-10(13)6-7-14-8-11(3,4)5/h9H,6-8H2,1-5H3,(H,12,13). The number of thioether (sulfide) groups is 1. The molecule has 84 valence electrons. The second kappa shape index (κ2) is 6.33. The highest BCUT2D eigenvalue weighted by atomic mass is 32.2. The Kier molecular flexibility index (Phi) is 6.25. The highest BCUT2D eigenvalue weighted by Crippen LogP contribution is 2.20. The third kappa shape index (κ3) is 9.90. The Morgan fingerprint density at radius 1 is 1.36 bits per heavy atom. The molecule has 0 aromatic heterocycles. The molecule has 0 unspecified atom stereocenters. The molecular formula is C11H23NOS. The first kappa shape index (κ1) is 13.8. The van der Waals surface area contributed by atoms with Crippen molar-refractivity contribution in [3.63, 3.8) is 0 Å². The van der Waals surface area contributed by atoms with Crippen LogP contribution in [0.3, 0.4) is 0 Å². The number of hydrogen-bond donors (Lipinski definition) is 1. The first-order valence-corrected chi connectivity index (χ1v) is 6.34. The van der Waals surface area contributed by atoms with Gasteiger partial charge in [0.2, 0.25) is 5.91 Å². The molecule has 0 radical (unpaired) electrons. The molecule has 0 heterocycles. The number of nitrogens with one attached hydrogen (secondary N) is 1. The van der Waals surface area contributed by atoms with Crippen LogP contribution < -0.4 is 5.32 Å². The van der Waals surface area contributed by atoms with Crippen LogP contribution in [0.15, 0.2) is 0 Å². The third-order valence-electron chi connectivity index (χ3n) is 1.46. The Hall–Kier alpha value is -0.180. The van der Waals surface area contributed by atoms with Crippen molar-refractivity contribution in [1.82, 2.24) is 5.32 Å². The van der Waals surface area contributed by atoms with E-state index in [1.54, 1.807) is 0 Å². The van der Waals surface area contributed by atoms with Crippen LogP contribution in [0.5, 0.6) is 0 Å². The van der Waals surface area contributed by atoms with Crippen molar-refractivity contribution < 1.29 is 4.79 Å². The van der Waals surface area contributed by atoms with Crippen LogP contribution in [0.1, 0.15) is 41.0 Å². The highest BCUT2D eigenvalue weighted by Gasteiger charge is 2.10. The topological polar surface area (TPSA) is 29.1 Å². The predicted molar refractivity (Wildman–Crippen MR) is 64.7 cm³/mol. The summed E-state index contributed by atoms with van der Waals surface area (Å²) in [5.41, 5.74) is 0.360. The summed E-state index contributed by atoms with van der Waals surface area (Å²) in [7, 11) is 0. The Balaban J connectivity index is 3.41. The van der Waals surface area contributed by atoms with Crippen molar-refractivity contribution in [3.8, 4) is 0 Å². The van der Waals surface area contributed by atoms with Crippen LogP contribution in [-0.4, -0.2) is 23.5 Å². The van der Waals surface area contributed by atoms with Crippen molar-refractivity contribution in [3.05, 3.63) is 0 Å². The molecule has 3 heteroatoms. The van der Waals surface area contributed by atoms with E-state index in [2.05, 4.69) is 26.1 Å². The van der Waals surface area contributed by atoms with Crippen molar-refractivity contribution in [2.24, 2.45) is 5.41 Å². The lowest BCUT2D eigenvalue weighted by Crippen LogP contribution is -2.30. The van der Waals surface area contributed by atoms with Crippen LogP contribution in [0.25, 0.3) is 0 Å². The van der Waals surface area contributed by atoms with Crippen LogP contribution >= 0.6 is 11.8 Å². The summed E-state index contributed by atoms with van der Waals surface area (Å²) in [6.07, 6.45) is 0.638. The zero-order chi connectivity index (χ0) is 11.2. The summed E-state index contributed by atoms with van der Waals surface area (Å²) in [6.45, 7) is 10.6. The van der Waals surface area contributed by atoms with Gasteiger partial charge in [0.05, 0.1) is 0 Å². The first-order chi connectivity index (χ1) is 6.31. The van der Waals surface area contributed by atoms with Crippen molar-refractivity contribution in [1.29, 1.82) is 0 Å². The van der Waals surface area contributed by atoms with Crippen molar-refractivity contribution in [2.45, 2.75) is 47.1 Å². The van der Waals surface area contributed by atoms with Crippen molar-refractivity contribution in [2.75, 3.05) is 11.5 Å². The smallest absolute Gasteiger partial charge is 0.221 e. The molecule has 14 heavy (non-hydrogen) atoms. The minimum Gasteiger partial charge on any atom is -0.354 e. The lowest BCUT2D eigenvalue weighted by Gasteiger charge is -2.17. The van der Waals surface area contributed by atoms with E-state index in [0.29, 0.717) is 11.8 Å². The van der Waals surface area contributed by atoms with E-state index in [-0.39, 0.29) is 11.9 Å². The van der Waals surface area contributed by atoms with Gasteiger partial charge in [-0.2, -0.15) is 11.8 Å². The van der Waals surface area contributed by atoms with E-state index in [0.717, 1.165) is 11.5 Å². The number of rotatable bonds is 5. The molecule has 0 fully saturated rings. The minimum absolute atomic E-state index is 0.168. The van der Waals surface area contributed by atoms with Gasteiger partial charge in [0.15, 0.2) is 0 Å². The maximum absolute atomic E-state index is 11.3. The molecule has 0 aliphatic heterocycles. The van der Waals surface area contributed by atoms with E-state index in [9.17, 15) is 4.79 Å². The summed E-state index contributed by atoms with van der Waals surface area (Å²) in [4.78, 5) is 11.3. The Labute approximate surface area is 92.2 Å². The summed E-state index contributed by atoms with van der Waals surface area (Å²) in [5.74, 6) is 2.21. The minimum atomic E-state index is 0.168. The molecule has 0 aromatic carbocycles. The molecule has 2 nitrogen and oxygen atoms in total. The van der Waals surface area contributed by atoms with Gasteiger partial charge in [-0.05, 0) is 25.0 Å². The number of carbonyl (C=O) groups is 1. The van der Waals surface area contributed by atoms with Crippen LogP contribution in [0.2, 0.25) is 0 Å². The zero-order valence-electron chi connectivity index (χ0n) is 10.0. The number of carbonyl (C=O) groups excluding carboxylic acids is 1. The SMILES string of the molecule is CC(C)NC(=O)CCSCC(C)(C)C. The molecule has 1 amide bonds. The Morgan fingerprint density at radius 2 is 1.93 bits per heavy atom. The maximum Gasteiger partial charge on any atom is 0.221 e. The monoisotopic (exact) mass is 217 g/mol. The van der Waals surface area contributed by atoms with Gasteiger partial charge in [0, 0.05) is 18.2 Å². The average molecular weight is 217 g/mol. The summed E-state index contributed by atoms with van der Waals surface area (Å²) >= 11 is 1.85. The van der Waals surface area contributed by atoms with Gasteiger partial charge in [-0.15, -0.1) is 0 Å². The molecule has 0 saturated carbocycles. The van der Waals surface area contributed by atoms with E-state index >= 15 is 0 Å². The Bertz CT molecular complexity index is 173. The molecule has 0 aliphatic rings. The molecule has 0 rings (SSSR count). The number of amides is 1. The molecule has 0 bridgehead atoms. The van der Waals surface area contributed by atoms with Gasteiger partial charge in [-0.3, -0.25) is 4.79 Å². The molecule has 1 N–H and O–H groups in total. The molecule has 0 aromatic rings. The highest BCUT2D eigenvalue weighted by molar-refractivity contribution is 7.99.